The van der Waals surface area contributed by atoms with Crippen LogP contribution < -0.4 is 0 Å². The molecule has 3 atom stereocenters. The van der Waals surface area contributed by atoms with Crippen LogP contribution >= 0.6 is 0 Å². The first kappa shape index (κ1) is 34.6. The van der Waals surface area contributed by atoms with E-state index in [2.05, 4.69) is 20.8 Å². The van der Waals surface area contributed by atoms with Crippen LogP contribution in [-0.2, 0) is 20.8 Å². The second-order valence-electron chi connectivity index (χ2n) is 10.4. The summed E-state index contributed by atoms with van der Waals surface area (Å²) in [5, 5.41) is 0. The van der Waals surface area contributed by atoms with Gasteiger partial charge in [0.15, 0.2) is 11.6 Å². The summed E-state index contributed by atoms with van der Waals surface area (Å²) in [6.07, 6.45) is 6.67. The zero-order valence-corrected chi connectivity index (χ0v) is 24.8. The number of hydrogen-bond acceptors (Lipinski definition) is 5. The van der Waals surface area contributed by atoms with E-state index in [1.54, 1.807) is 6.92 Å². The molecule has 0 saturated heterocycles. The minimum absolute atomic E-state index is 0.0121. The van der Waals surface area contributed by atoms with Gasteiger partial charge in [0.05, 0.1) is 6.42 Å². The van der Waals surface area contributed by atoms with Crippen LogP contribution in [0.2, 0.25) is 0 Å². The largest absolute Gasteiger partial charge is 0.300 e. The Labute approximate surface area is 225 Å². The lowest BCUT2D eigenvalue weighted by Crippen LogP contribution is -2.30. The van der Waals surface area contributed by atoms with Gasteiger partial charge >= 0.3 is 0 Å². The number of hydrogen-bond donors (Lipinski definition) is 0. The molecule has 0 heterocycles. The quantitative estimate of drug-likeness (QED) is 0.223. The molecular formula is C32H50O5. The Balaban J connectivity index is 0.00000142. The number of ketones is 5. The van der Waals surface area contributed by atoms with Gasteiger partial charge < -0.3 is 4.79 Å². The molecule has 208 valence electrons. The summed E-state index contributed by atoms with van der Waals surface area (Å²) in [4.78, 5) is 58.6. The topological polar surface area (TPSA) is 85.3 Å². The van der Waals surface area contributed by atoms with E-state index in [-0.39, 0.29) is 53.1 Å². The Morgan fingerprint density at radius 2 is 1.49 bits per heavy atom. The molecule has 1 aliphatic carbocycles. The van der Waals surface area contributed by atoms with Gasteiger partial charge in [0.1, 0.15) is 17.3 Å². The van der Waals surface area contributed by atoms with Gasteiger partial charge in [-0.3, -0.25) is 19.2 Å². The summed E-state index contributed by atoms with van der Waals surface area (Å²) in [5.41, 5.74) is 3.17. The lowest BCUT2D eigenvalue weighted by atomic mass is 9.72. The Kier molecular flexibility index (Phi) is 16.7. The minimum Gasteiger partial charge on any atom is -0.300 e. The maximum Gasteiger partial charge on any atom is 0.163 e. The zero-order chi connectivity index (χ0) is 28.7. The van der Waals surface area contributed by atoms with Gasteiger partial charge in [0.2, 0.25) is 0 Å². The molecule has 0 fully saturated rings. The summed E-state index contributed by atoms with van der Waals surface area (Å²) in [6.45, 7) is 16.7. The van der Waals surface area contributed by atoms with Crippen LogP contribution in [0.4, 0.5) is 0 Å². The molecule has 1 aromatic rings. The number of rotatable bonds is 11. The highest BCUT2D eigenvalue weighted by molar-refractivity contribution is 6.04. The van der Waals surface area contributed by atoms with E-state index in [0.29, 0.717) is 18.4 Å². The molecule has 0 saturated carbocycles. The molecule has 0 spiro atoms. The van der Waals surface area contributed by atoms with Gasteiger partial charge in [-0.1, -0.05) is 66.0 Å². The first-order chi connectivity index (χ1) is 17.4. The highest BCUT2D eigenvalue weighted by Crippen LogP contribution is 2.37. The van der Waals surface area contributed by atoms with E-state index >= 15 is 0 Å². The molecule has 0 aliphatic heterocycles. The van der Waals surface area contributed by atoms with E-state index in [0.717, 1.165) is 48.8 Å². The molecule has 1 aliphatic rings. The Hall–Kier alpha value is -2.43. The predicted molar refractivity (Wildman–Crippen MR) is 151 cm³/mol. The molecule has 0 N–H and O–H groups in total. The van der Waals surface area contributed by atoms with Crippen molar-refractivity contribution in [2.45, 2.75) is 120 Å². The normalized spacial score (nSPS) is 15.7. The van der Waals surface area contributed by atoms with Gasteiger partial charge in [-0.05, 0) is 69.9 Å². The smallest absolute Gasteiger partial charge is 0.163 e. The second kappa shape index (κ2) is 17.9. The third kappa shape index (κ3) is 11.7. The fourth-order valence-electron chi connectivity index (χ4n) is 5.10. The fourth-order valence-corrected chi connectivity index (χ4v) is 5.10. The standard InChI is InChI=1S/C25H34O4.C4H8O.C3H8/c1-6-8-19(21(7-2)23(28)11-15(3)26)12-18-13-20-9-10-22(17(5)27)16(4)25(20)24(29)14-18;1-3-4(2)5;1-3-2/h9-10,18-19,21H,6-8,11-14H2,1-5H3;3H2,1-2H3;3H2,1-2H3. The van der Waals surface area contributed by atoms with Gasteiger partial charge in [-0.25, -0.2) is 0 Å². The number of carbonyl (C=O) groups is 5. The molecule has 0 aromatic heterocycles. The average molecular weight is 515 g/mol. The van der Waals surface area contributed by atoms with Crippen LogP contribution in [-0.4, -0.2) is 28.9 Å². The highest BCUT2D eigenvalue weighted by Gasteiger charge is 2.33. The van der Waals surface area contributed by atoms with E-state index in [4.69, 9.17) is 0 Å². The van der Waals surface area contributed by atoms with Crippen molar-refractivity contribution in [1.82, 2.24) is 0 Å². The molecule has 2 rings (SSSR count). The third-order valence-electron chi connectivity index (χ3n) is 6.83. The molecule has 1 aromatic carbocycles. The molecule has 37 heavy (non-hydrogen) atoms. The number of benzene rings is 1. The molecular weight excluding hydrogens is 464 g/mol. The molecule has 0 amide bonds. The molecule has 0 radical (unpaired) electrons. The van der Waals surface area contributed by atoms with E-state index in [9.17, 15) is 24.0 Å². The summed E-state index contributed by atoms with van der Waals surface area (Å²) in [7, 11) is 0. The van der Waals surface area contributed by atoms with Crippen molar-refractivity contribution in [2.24, 2.45) is 17.8 Å². The lowest BCUT2D eigenvalue weighted by molar-refractivity contribution is -0.130. The van der Waals surface area contributed by atoms with Crippen LogP contribution in [0.1, 0.15) is 139 Å². The van der Waals surface area contributed by atoms with Gasteiger partial charge in [0, 0.05) is 29.9 Å². The zero-order valence-electron chi connectivity index (χ0n) is 24.8. The van der Waals surface area contributed by atoms with Crippen LogP contribution in [0.25, 0.3) is 0 Å². The average Bonchev–Trinajstić information content (AvgIpc) is 2.79. The molecule has 5 heteroatoms. The second-order valence-corrected chi connectivity index (χ2v) is 10.4. The molecule has 0 bridgehead atoms. The van der Waals surface area contributed by atoms with Crippen molar-refractivity contribution in [3.05, 3.63) is 34.4 Å². The fraction of sp³-hybridized carbons (Fsp3) is 0.656. The van der Waals surface area contributed by atoms with E-state index in [1.807, 2.05) is 32.9 Å². The number of carbonyl (C=O) groups excluding carboxylic acids is 5. The van der Waals surface area contributed by atoms with Crippen molar-refractivity contribution in [3.8, 4) is 0 Å². The monoisotopic (exact) mass is 514 g/mol. The SMILES string of the molecule is CCC.CCC(C)=O.CCCC(CC1CC(=O)c2c(ccc(C(C)=O)c2C)C1)C(CC)C(=O)CC(C)=O. The Morgan fingerprint density at radius 1 is 0.919 bits per heavy atom. The van der Waals surface area contributed by atoms with Gasteiger partial charge in [-0.2, -0.15) is 0 Å². The van der Waals surface area contributed by atoms with Crippen LogP contribution in [0, 0.1) is 24.7 Å². The minimum atomic E-state index is -0.114. The number of Topliss-reactive ketones (excluding diaryl/α,β-unsaturated/α-hetero) is 5. The van der Waals surface area contributed by atoms with Crippen LogP contribution in [0.15, 0.2) is 12.1 Å². The summed E-state index contributed by atoms with van der Waals surface area (Å²) >= 11 is 0. The maximum absolute atomic E-state index is 12.9. The van der Waals surface area contributed by atoms with Crippen molar-refractivity contribution in [3.63, 3.8) is 0 Å². The van der Waals surface area contributed by atoms with Crippen molar-refractivity contribution >= 4 is 28.9 Å². The Morgan fingerprint density at radius 3 is 1.92 bits per heavy atom. The summed E-state index contributed by atoms with van der Waals surface area (Å²) in [5.74, 6) is 0.600. The van der Waals surface area contributed by atoms with Crippen molar-refractivity contribution in [1.29, 1.82) is 0 Å². The van der Waals surface area contributed by atoms with Crippen molar-refractivity contribution < 1.29 is 24.0 Å². The first-order valence-electron chi connectivity index (χ1n) is 14.1. The lowest BCUT2D eigenvalue weighted by Gasteiger charge is -2.32. The van der Waals surface area contributed by atoms with E-state index < -0.39 is 0 Å². The van der Waals surface area contributed by atoms with Crippen LogP contribution in [0.3, 0.4) is 0 Å². The summed E-state index contributed by atoms with van der Waals surface area (Å²) < 4.78 is 0. The van der Waals surface area contributed by atoms with Crippen molar-refractivity contribution in [2.75, 3.05) is 0 Å². The first-order valence-corrected chi connectivity index (χ1v) is 14.1. The summed E-state index contributed by atoms with van der Waals surface area (Å²) in [6, 6.07) is 3.76. The third-order valence-corrected chi connectivity index (χ3v) is 6.83. The predicted octanol–water partition coefficient (Wildman–Crippen LogP) is 7.73. The van der Waals surface area contributed by atoms with E-state index in [1.165, 1.54) is 20.3 Å². The number of fused-ring (bicyclic) bond motifs is 1. The molecule has 3 unspecified atom stereocenters. The van der Waals surface area contributed by atoms with Gasteiger partial charge in [0.25, 0.3) is 0 Å². The Bertz CT molecular complexity index is 927. The maximum atomic E-state index is 12.9. The van der Waals surface area contributed by atoms with Crippen LogP contribution in [0.5, 0.6) is 0 Å². The molecule has 5 nitrogen and oxygen atoms in total. The van der Waals surface area contributed by atoms with Gasteiger partial charge in [-0.15, -0.1) is 0 Å². The highest BCUT2D eigenvalue weighted by atomic mass is 16.2.